The van der Waals surface area contributed by atoms with Gasteiger partial charge in [-0.3, -0.25) is 0 Å². The van der Waals surface area contributed by atoms with Gasteiger partial charge in [-0.15, -0.1) is 12.1 Å². The second-order valence-electron chi connectivity index (χ2n) is 1.55. The summed E-state index contributed by atoms with van der Waals surface area (Å²) in [5.41, 5.74) is 0. The van der Waals surface area contributed by atoms with Gasteiger partial charge in [-0.05, 0) is 6.92 Å². The number of rotatable bonds is 2. The van der Waals surface area contributed by atoms with Crippen LogP contribution in [0.4, 0.5) is 0 Å². The number of hydrogen-bond acceptors (Lipinski definition) is 2. The summed E-state index contributed by atoms with van der Waals surface area (Å²) in [6.45, 7) is 2.64. The van der Waals surface area contributed by atoms with Crippen LogP contribution in [0.2, 0.25) is 0 Å². The molecule has 1 aromatic rings. The predicted molar refractivity (Wildman–Crippen MR) is 34.2 cm³/mol. The van der Waals surface area contributed by atoms with Crippen molar-refractivity contribution in [3.05, 3.63) is 24.5 Å². The molecule has 0 aliphatic rings. The summed E-state index contributed by atoms with van der Waals surface area (Å²) in [6.07, 6.45) is 4.33. The molecular weight excluding hydrogens is 298 g/mol. The SMILES string of the molecule is CCOc1c[c-]ncc1.[W+2]. The summed E-state index contributed by atoms with van der Waals surface area (Å²) in [7, 11) is 0. The Bertz CT molecular complexity index is 167. The maximum Gasteiger partial charge on any atom is 2.00 e. The zero-order valence-electron chi connectivity index (χ0n) is 5.70. The fourth-order valence-electron chi connectivity index (χ4n) is 0.559. The van der Waals surface area contributed by atoms with Gasteiger partial charge in [-0.1, -0.05) is 12.4 Å². The Morgan fingerprint density at radius 1 is 1.70 bits per heavy atom. The van der Waals surface area contributed by atoms with Gasteiger partial charge in [0.15, 0.2) is 0 Å². The number of pyridine rings is 1. The summed E-state index contributed by atoms with van der Waals surface area (Å²) in [4.78, 5) is 3.72. The molecule has 52 valence electrons. The molecule has 10 heavy (non-hydrogen) atoms. The van der Waals surface area contributed by atoms with E-state index in [1.165, 1.54) is 0 Å². The summed E-state index contributed by atoms with van der Waals surface area (Å²) < 4.78 is 5.13. The third kappa shape index (κ3) is 2.97. The molecule has 0 amide bonds. The van der Waals surface area contributed by atoms with Gasteiger partial charge in [-0.25, -0.2) is 0 Å². The first-order valence-electron chi connectivity index (χ1n) is 2.88. The van der Waals surface area contributed by atoms with Crippen LogP contribution in [0.5, 0.6) is 5.75 Å². The molecule has 0 fully saturated rings. The van der Waals surface area contributed by atoms with Crippen LogP contribution < -0.4 is 4.74 Å². The maximum absolute atomic E-state index is 5.13. The van der Waals surface area contributed by atoms with E-state index in [2.05, 4.69) is 11.2 Å². The van der Waals surface area contributed by atoms with Crippen molar-refractivity contribution in [1.29, 1.82) is 0 Å². The molecule has 1 aromatic heterocycles. The third-order valence-electron chi connectivity index (χ3n) is 0.906. The Labute approximate surface area is 74.9 Å². The molecule has 0 bridgehead atoms. The Kier molecular flexibility index (Phi) is 5.23. The first-order valence-corrected chi connectivity index (χ1v) is 2.88. The maximum atomic E-state index is 5.13. The molecule has 1 heterocycles. The minimum absolute atomic E-state index is 0. The van der Waals surface area contributed by atoms with Crippen LogP contribution in [0.1, 0.15) is 6.92 Å². The molecule has 1 rings (SSSR count). The van der Waals surface area contributed by atoms with Gasteiger partial charge in [0.2, 0.25) is 0 Å². The average Bonchev–Trinajstić information content (AvgIpc) is 1.91. The van der Waals surface area contributed by atoms with Crippen LogP contribution in [0.25, 0.3) is 0 Å². The van der Waals surface area contributed by atoms with E-state index in [9.17, 15) is 0 Å². The number of aromatic nitrogens is 1. The average molecular weight is 306 g/mol. The Morgan fingerprint density at radius 3 is 3.00 bits per heavy atom. The second-order valence-corrected chi connectivity index (χ2v) is 1.55. The third-order valence-corrected chi connectivity index (χ3v) is 0.906. The van der Waals surface area contributed by atoms with Gasteiger partial charge in [0.05, 0.1) is 6.61 Å². The van der Waals surface area contributed by atoms with Crippen LogP contribution in [-0.4, -0.2) is 11.6 Å². The summed E-state index contributed by atoms with van der Waals surface area (Å²) >= 11 is 0. The van der Waals surface area contributed by atoms with E-state index in [-0.39, 0.29) is 21.1 Å². The van der Waals surface area contributed by atoms with Crippen LogP contribution in [0.15, 0.2) is 18.3 Å². The number of hydrogen-bond donors (Lipinski definition) is 0. The van der Waals surface area contributed by atoms with Crippen molar-refractivity contribution in [2.24, 2.45) is 0 Å². The largest absolute Gasteiger partial charge is 2.00 e. The second kappa shape index (κ2) is 5.43. The normalized spacial score (nSPS) is 8.10. The molecular formula is C7H8NOW+. The molecule has 2 nitrogen and oxygen atoms in total. The first kappa shape index (κ1) is 9.64. The quantitative estimate of drug-likeness (QED) is 0.768. The van der Waals surface area contributed by atoms with E-state index < -0.39 is 0 Å². The van der Waals surface area contributed by atoms with Gasteiger partial charge < -0.3 is 9.72 Å². The van der Waals surface area contributed by atoms with Crippen molar-refractivity contribution in [1.82, 2.24) is 4.98 Å². The first-order chi connectivity index (χ1) is 4.43. The predicted octanol–water partition coefficient (Wildman–Crippen LogP) is 1.28. The van der Waals surface area contributed by atoms with Gasteiger partial charge in [0, 0.05) is 5.75 Å². The minimum Gasteiger partial charge on any atom is -0.551 e. The fraction of sp³-hybridized carbons (Fsp3) is 0.286. The molecule has 0 aliphatic heterocycles. The van der Waals surface area contributed by atoms with Crippen molar-refractivity contribution < 1.29 is 25.8 Å². The zero-order valence-corrected chi connectivity index (χ0v) is 8.64. The molecule has 0 saturated heterocycles. The Balaban J connectivity index is 0.000000810. The fourth-order valence-corrected chi connectivity index (χ4v) is 0.559. The molecule has 0 spiro atoms. The van der Waals surface area contributed by atoms with Crippen LogP contribution >= 0.6 is 0 Å². The Morgan fingerprint density at radius 2 is 2.50 bits per heavy atom. The molecule has 0 aromatic carbocycles. The van der Waals surface area contributed by atoms with Gasteiger partial charge in [0.1, 0.15) is 0 Å². The molecule has 0 saturated carbocycles. The molecule has 0 N–H and O–H groups in total. The molecule has 0 aliphatic carbocycles. The van der Waals surface area contributed by atoms with Crippen LogP contribution in [0, 0.1) is 6.20 Å². The molecule has 0 radical (unpaired) electrons. The van der Waals surface area contributed by atoms with Gasteiger partial charge >= 0.3 is 21.1 Å². The van der Waals surface area contributed by atoms with Gasteiger partial charge in [0.25, 0.3) is 0 Å². The molecule has 0 atom stereocenters. The standard InChI is InChI=1S/C7H8NO.W/c1-2-9-7-3-5-8-6-4-7;/h3-5H,2H2,1H3;/q-1;+2. The smallest absolute Gasteiger partial charge is 0.551 e. The monoisotopic (exact) mass is 306 g/mol. The van der Waals surface area contributed by atoms with Crippen LogP contribution in [-0.2, 0) is 21.1 Å². The van der Waals surface area contributed by atoms with Crippen LogP contribution in [0.3, 0.4) is 0 Å². The van der Waals surface area contributed by atoms with E-state index in [1.807, 2.05) is 6.92 Å². The van der Waals surface area contributed by atoms with E-state index in [1.54, 1.807) is 18.3 Å². The summed E-state index contributed by atoms with van der Waals surface area (Å²) in [6, 6.07) is 3.52. The molecule has 0 unspecified atom stereocenters. The molecule has 3 heteroatoms. The van der Waals surface area contributed by atoms with E-state index in [0.29, 0.717) is 6.61 Å². The van der Waals surface area contributed by atoms with Crippen molar-refractivity contribution in [3.63, 3.8) is 0 Å². The van der Waals surface area contributed by atoms with Gasteiger partial charge in [-0.2, -0.15) is 0 Å². The summed E-state index contributed by atoms with van der Waals surface area (Å²) in [5.74, 6) is 0.826. The van der Waals surface area contributed by atoms with Crippen molar-refractivity contribution >= 4 is 0 Å². The van der Waals surface area contributed by atoms with Crippen molar-refractivity contribution in [2.45, 2.75) is 6.92 Å². The Hall–Kier alpha value is -0.362. The van der Waals surface area contributed by atoms with E-state index >= 15 is 0 Å². The number of ether oxygens (including phenoxy) is 1. The zero-order chi connectivity index (χ0) is 6.53. The van der Waals surface area contributed by atoms with E-state index in [0.717, 1.165) is 5.75 Å². The van der Waals surface area contributed by atoms with Crippen molar-refractivity contribution in [3.8, 4) is 5.75 Å². The summed E-state index contributed by atoms with van der Waals surface area (Å²) in [5, 5.41) is 0. The van der Waals surface area contributed by atoms with E-state index in [4.69, 9.17) is 4.74 Å². The minimum atomic E-state index is 0. The van der Waals surface area contributed by atoms with Crippen molar-refractivity contribution in [2.75, 3.05) is 6.61 Å². The number of nitrogens with zero attached hydrogens (tertiary/aromatic N) is 1. The topological polar surface area (TPSA) is 22.1 Å².